The lowest BCUT2D eigenvalue weighted by atomic mass is 10.2. The third-order valence-electron chi connectivity index (χ3n) is 2.79. The maximum atomic E-state index is 5.87. The summed E-state index contributed by atoms with van der Waals surface area (Å²) >= 11 is 6.97. The first-order valence-corrected chi connectivity index (χ1v) is 7.40. The van der Waals surface area contributed by atoms with Crippen molar-refractivity contribution in [2.24, 2.45) is 0 Å². The van der Waals surface area contributed by atoms with Gasteiger partial charge in [0.15, 0.2) is 0 Å². The van der Waals surface area contributed by atoms with Crippen LogP contribution in [0.2, 0.25) is 0 Å². The molecular weight excluding hydrogens is 372 g/mol. The monoisotopic (exact) mass is 384 g/mol. The average molecular weight is 386 g/mol. The van der Waals surface area contributed by atoms with Crippen molar-refractivity contribution in [3.63, 3.8) is 0 Å². The molecule has 0 aliphatic carbocycles. The van der Waals surface area contributed by atoms with Crippen molar-refractivity contribution in [3.05, 3.63) is 56.5 Å². The second-order valence-electron chi connectivity index (χ2n) is 4.16. The summed E-state index contributed by atoms with van der Waals surface area (Å²) in [5.41, 5.74) is 2.17. The van der Waals surface area contributed by atoms with Crippen molar-refractivity contribution >= 4 is 31.9 Å². The van der Waals surface area contributed by atoms with Gasteiger partial charge >= 0.3 is 0 Å². The van der Waals surface area contributed by atoms with Gasteiger partial charge < -0.3 is 9.47 Å². The topological polar surface area (TPSA) is 18.5 Å². The molecule has 0 fully saturated rings. The van der Waals surface area contributed by atoms with Crippen molar-refractivity contribution in [1.29, 1.82) is 0 Å². The SMILES string of the molecule is COc1ccc(Br)c(COc2cc(Br)ccc2C)c1. The van der Waals surface area contributed by atoms with E-state index in [0.717, 1.165) is 31.6 Å². The molecule has 2 rings (SSSR count). The van der Waals surface area contributed by atoms with Crippen LogP contribution in [0.4, 0.5) is 0 Å². The normalized spacial score (nSPS) is 10.3. The third-order valence-corrected chi connectivity index (χ3v) is 4.05. The molecule has 0 aliphatic heterocycles. The van der Waals surface area contributed by atoms with Gasteiger partial charge in [-0.25, -0.2) is 0 Å². The molecule has 4 heteroatoms. The summed E-state index contributed by atoms with van der Waals surface area (Å²) in [5, 5.41) is 0. The van der Waals surface area contributed by atoms with Gasteiger partial charge in [0.2, 0.25) is 0 Å². The molecule has 0 unspecified atom stereocenters. The molecule has 0 saturated heterocycles. The maximum Gasteiger partial charge on any atom is 0.123 e. The van der Waals surface area contributed by atoms with Crippen LogP contribution >= 0.6 is 31.9 Å². The zero-order valence-corrected chi connectivity index (χ0v) is 13.9. The maximum absolute atomic E-state index is 5.87. The summed E-state index contributed by atoms with van der Waals surface area (Å²) < 4.78 is 13.1. The van der Waals surface area contributed by atoms with E-state index < -0.39 is 0 Å². The number of rotatable bonds is 4. The van der Waals surface area contributed by atoms with E-state index in [1.165, 1.54) is 0 Å². The Morgan fingerprint density at radius 2 is 1.84 bits per heavy atom. The first kappa shape index (κ1) is 14.4. The van der Waals surface area contributed by atoms with E-state index in [1.807, 2.05) is 43.3 Å². The van der Waals surface area contributed by atoms with Crippen LogP contribution in [0.25, 0.3) is 0 Å². The molecule has 19 heavy (non-hydrogen) atoms. The van der Waals surface area contributed by atoms with E-state index in [0.29, 0.717) is 6.61 Å². The minimum Gasteiger partial charge on any atom is -0.497 e. The molecule has 0 spiro atoms. The number of benzene rings is 2. The highest BCUT2D eigenvalue weighted by molar-refractivity contribution is 9.10. The molecule has 0 radical (unpaired) electrons. The predicted molar refractivity (Wildman–Crippen MR) is 83.9 cm³/mol. The van der Waals surface area contributed by atoms with E-state index in [1.54, 1.807) is 7.11 Å². The molecular formula is C15H14Br2O2. The highest BCUT2D eigenvalue weighted by Crippen LogP contribution is 2.27. The number of hydrogen-bond donors (Lipinski definition) is 0. The molecule has 0 amide bonds. The van der Waals surface area contributed by atoms with Crippen LogP contribution in [0.3, 0.4) is 0 Å². The molecule has 100 valence electrons. The molecule has 0 atom stereocenters. The van der Waals surface area contributed by atoms with Gasteiger partial charge in [0.25, 0.3) is 0 Å². The Bertz CT molecular complexity index is 582. The second kappa shape index (κ2) is 6.44. The second-order valence-corrected chi connectivity index (χ2v) is 5.93. The van der Waals surface area contributed by atoms with Gasteiger partial charge in [-0.1, -0.05) is 37.9 Å². The highest BCUT2D eigenvalue weighted by Gasteiger charge is 2.05. The van der Waals surface area contributed by atoms with Crippen molar-refractivity contribution in [2.75, 3.05) is 7.11 Å². The summed E-state index contributed by atoms with van der Waals surface area (Å²) in [6.07, 6.45) is 0. The lowest BCUT2D eigenvalue weighted by molar-refractivity contribution is 0.302. The van der Waals surface area contributed by atoms with Crippen LogP contribution in [0.15, 0.2) is 45.3 Å². The highest BCUT2D eigenvalue weighted by atomic mass is 79.9. The molecule has 2 aromatic carbocycles. The van der Waals surface area contributed by atoms with E-state index in [9.17, 15) is 0 Å². The Balaban J connectivity index is 2.16. The molecule has 2 nitrogen and oxygen atoms in total. The van der Waals surface area contributed by atoms with Crippen LogP contribution in [0.1, 0.15) is 11.1 Å². The van der Waals surface area contributed by atoms with Gasteiger partial charge in [0.1, 0.15) is 18.1 Å². The van der Waals surface area contributed by atoms with E-state index in [4.69, 9.17) is 9.47 Å². The molecule has 2 aromatic rings. The molecule has 0 heterocycles. The molecule has 0 aliphatic rings. The zero-order chi connectivity index (χ0) is 13.8. The number of methoxy groups -OCH3 is 1. The Labute approximate surface area is 130 Å². The number of halogens is 2. The van der Waals surface area contributed by atoms with Crippen molar-refractivity contribution < 1.29 is 9.47 Å². The Hall–Kier alpha value is -1.00. The first-order chi connectivity index (χ1) is 9.10. The average Bonchev–Trinajstić information content (AvgIpc) is 2.41. The minimum atomic E-state index is 0.495. The van der Waals surface area contributed by atoms with Crippen LogP contribution in [0, 0.1) is 6.92 Å². The molecule has 0 saturated carbocycles. The van der Waals surface area contributed by atoms with E-state index in [-0.39, 0.29) is 0 Å². The number of ether oxygens (including phenoxy) is 2. The summed E-state index contributed by atoms with van der Waals surface area (Å²) in [7, 11) is 1.66. The summed E-state index contributed by atoms with van der Waals surface area (Å²) in [4.78, 5) is 0. The van der Waals surface area contributed by atoms with E-state index in [2.05, 4.69) is 31.9 Å². The number of aryl methyl sites for hydroxylation is 1. The standard InChI is InChI=1S/C15H14Br2O2/c1-10-3-4-12(16)8-15(10)19-9-11-7-13(18-2)5-6-14(11)17/h3-8H,9H2,1-2H3. The van der Waals surface area contributed by atoms with Crippen LogP contribution in [0.5, 0.6) is 11.5 Å². The molecule has 0 N–H and O–H groups in total. The fourth-order valence-electron chi connectivity index (χ4n) is 1.67. The van der Waals surface area contributed by atoms with Gasteiger partial charge in [0, 0.05) is 14.5 Å². The van der Waals surface area contributed by atoms with Gasteiger partial charge in [-0.2, -0.15) is 0 Å². The number of hydrogen-bond acceptors (Lipinski definition) is 2. The lowest BCUT2D eigenvalue weighted by Gasteiger charge is -2.11. The summed E-state index contributed by atoms with van der Waals surface area (Å²) in [5.74, 6) is 1.71. The van der Waals surface area contributed by atoms with Crippen molar-refractivity contribution in [1.82, 2.24) is 0 Å². The van der Waals surface area contributed by atoms with Crippen molar-refractivity contribution in [2.45, 2.75) is 13.5 Å². The fraction of sp³-hybridized carbons (Fsp3) is 0.200. The van der Waals surface area contributed by atoms with Crippen LogP contribution in [-0.2, 0) is 6.61 Å². The smallest absolute Gasteiger partial charge is 0.123 e. The third kappa shape index (κ3) is 3.74. The predicted octanol–water partition coefficient (Wildman–Crippen LogP) is 5.11. The zero-order valence-electron chi connectivity index (χ0n) is 10.7. The Kier molecular flexibility index (Phi) is 4.88. The van der Waals surface area contributed by atoms with E-state index >= 15 is 0 Å². The molecule has 0 bridgehead atoms. The van der Waals surface area contributed by atoms with Gasteiger partial charge in [0.05, 0.1) is 7.11 Å². The van der Waals surface area contributed by atoms with Crippen LogP contribution in [-0.4, -0.2) is 7.11 Å². The first-order valence-electron chi connectivity index (χ1n) is 5.81. The minimum absolute atomic E-state index is 0.495. The van der Waals surface area contributed by atoms with Gasteiger partial charge in [-0.05, 0) is 42.8 Å². The van der Waals surface area contributed by atoms with Crippen molar-refractivity contribution in [3.8, 4) is 11.5 Å². The van der Waals surface area contributed by atoms with Crippen LogP contribution < -0.4 is 9.47 Å². The largest absolute Gasteiger partial charge is 0.497 e. The summed E-state index contributed by atoms with van der Waals surface area (Å²) in [6.45, 7) is 2.53. The summed E-state index contributed by atoms with van der Waals surface area (Å²) in [6, 6.07) is 11.9. The fourth-order valence-corrected chi connectivity index (χ4v) is 2.37. The lowest BCUT2D eigenvalue weighted by Crippen LogP contribution is -1.98. The Morgan fingerprint density at radius 3 is 2.58 bits per heavy atom. The Morgan fingerprint density at radius 1 is 1.05 bits per heavy atom. The molecule has 0 aromatic heterocycles. The quantitative estimate of drug-likeness (QED) is 0.728. The van der Waals surface area contributed by atoms with Gasteiger partial charge in [-0.15, -0.1) is 0 Å². The van der Waals surface area contributed by atoms with Gasteiger partial charge in [-0.3, -0.25) is 0 Å².